The Balaban J connectivity index is 2.62. The molecule has 0 aliphatic carbocycles. The lowest BCUT2D eigenvalue weighted by molar-refractivity contribution is -0.139. The van der Waals surface area contributed by atoms with E-state index in [4.69, 9.17) is 5.11 Å². The molecular formula is C9H14N4O3. The Hall–Kier alpha value is -1.92. The molecule has 1 heterocycles. The first-order valence-electron chi connectivity index (χ1n) is 4.90. The first-order valence-corrected chi connectivity index (χ1v) is 4.90. The van der Waals surface area contributed by atoms with Crippen molar-refractivity contribution in [3.05, 3.63) is 11.9 Å². The fraction of sp³-hybridized carbons (Fsp3) is 0.556. The van der Waals surface area contributed by atoms with Crippen LogP contribution >= 0.6 is 0 Å². The molecule has 16 heavy (non-hydrogen) atoms. The predicted molar refractivity (Wildman–Crippen MR) is 54.7 cm³/mol. The van der Waals surface area contributed by atoms with E-state index in [1.165, 1.54) is 6.20 Å². The van der Waals surface area contributed by atoms with Gasteiger partial charge >= 0.3 is 5.97 Å². The second kappa shape index (κ2) is 5.24. The average Bonchev–Trinajstić information content (AvgIpc) is 2.68. The second-order valence-corrected chi connectivity index (χ2v) is 3.85. The van der Waals surface area contributed by atoms with Crippen LogP contribution in [0.4, 0.5) is 0 Å². The fourth-order valence-corrected chi connectivity index (χ4v) is 1.24. The van der Waals surface area contributed by atoms with Gasteiger partial charge in [0.15, 0.2) is 5.69 Å². The van der Waals surface area contributed by atoms with E-state index in [2.05, 4.69) is 20.7 Å². The summed E-state index contributed by atoms with van der Waals surface area (Å²) in [5.41, 5.74) is 0.0787. The van der Waals surface area contributed by atoms with E-state index >= 15 is 0 Å². The van der Waals surface area contributed by atoms with E-state index in [1.54, 1.807) is 0 Å². The molecule has 0 aliphatic rings. The second-order valence-electron chi connectivity index (χ2n) is 3.85. The number of hydrogen-bond donors (Lipinski definition) is 3. The minimum atomic E-state index is -1.05. The van der Waals surface area contributed by atoms with Gasteiger partial charge in [0.25, 0.3) is 5.91 Å². The van der Waals surface area contributed by atoms with E-state index in [9.17, 15) is 9.59 Å². The van der Waals surface area contributed by atoms with Crippen LogP contribution in [0.2, 0.25) is 0 Å². The van der Waals surface area contributed by atoms with Crippen LogP contribution in [0.1, 0.15) is 30.8 Å². The number of carboxylic acid groups (broad SMARTS) is 1. The maximum Gasteiger partial charge on any atom is 0.326 e. The molecule has 7 heteroatoms. The number of amides is 1. The Morgan fingerprint density at radius 2 is 2.25 bits per heavy atom. The zero-order valence-corrected chi connectivity index (χ0v) is 9.10. The van der Waals surface area contributed by atoms with Crippen molar-refractivity contribution in [2.24, 2.45) is 5.92 Å². The quantitative estimate of drug-likeness (QED) is 0.656. The molecule has 0 fully saturated rings. The van der Waals surface area contributed by atoms with Gasteiger partial charge in [-0.2, -0.15) is 15.4 Å². The van der Waals surface area contributed by atoms with Crippen LogP contribution in [0.3, 0.4) is 0 Å². The van der Waals surface area contributed by atoms with Crippen molar-refractivity contribution in [2.75, 3.05) is 0 Å². The number of H-pyrrole nitrogens is 1. The third kappa shape index (κ3) is 3.34. The molecule has 0 bridgehead atoms. The van der Waals surface area contributed by atoms with Gasteiger partial charge in [-0.05, 0) is 12.3 Å². The SMILES string of the molecule is CC(C)CC(NC(=O)c1cn[nH]n1)C(=O)O. The van der Waals surface area contributed by atoms with Crippen molar-refractivity contribution in [2.45, 2.75) is 26.3 Å². The van der Waals surface area contributed by atoms with E-state index in [0.29, 0.717) is 6.42 Å². The molecule has 0 saturated carbocycles. The zero-order chi connectivity index (χ0) is 12.1. The number of nitrogens with zero attached hydrogens (tertiary/aromatic N) is 2. The molecule has 1 atom stereocenters. The maximum absolute atomic E-state index is 11.5. The molecule has 0 saturated heterocycles. The monoisotopic (exact) mass is 226 g/mol. The van der Waals surface area contributed by atoms with Crippen LogP contribution in [0.15, 0.2) is 6.20 Å². The summed E-state index contributed by atoms with van der Waals surface area (Å²) in [7, 11) is 0. The minimum absolute atomic E-state index is 0.0787. The molecule has 1 amide bonds. The van der Waals surface area contributed by atoms with E-state index in [-0.39, 0.29) is 11.6 Å². The van der Waals surface area contributed by atoms with Crippen molar-refractivity contribution in [3.8, 4) is 0 Å². The van der Waals surface area contributed by atoms with Crippen LogP contribution in [0, 0.1) is 5.92 Å². The van der Waals surface area contributed by atoms with E-state index in [0.717, 1.165) is 0 Å². The van der Waals surface area contributed by atoms with Crippen molar-refractivity contribution in [3.63, 3.8) is 0 Å². The molecule has 1 aromatic rings. The molecule has 1 rings (SSSR count). The Labute approximate surface area is 92.2 Å². The summed E-state index contributed by atoms with van der Waals surface area (Å²) in [6.07, 6.45) is 1.61. The Kier molecular flexibility index (Phi) is 3.98. The Morgan fingerprint density at radius 3 is 2.69 bits per heavy atom. The summed E-state index contributed by atoms with van der Waals surface area (Å²) >= 11 is 0. The molecule has 0 radical (unpaired) electrons. The highest BCUT2D eigenvalue weighted by atomic mass is 16.4. The predicted octanol–water partition coefficient (Wildman–Crippen LogP) is 0.0338. The van der Waals surface area contributed by atoms with Crippen LogP contribution in [-0.4, -0.2) is 38.4 Å². The van der Waals surface area contributed by atoms with Gasteiger partial charge in [-0.25, -0.2) is 4.79 Å². The number of rotatable bonds is 5. The summed E-state index contributed by atoms with van der Waals surface area (Å²) in [5.74, 6) is -1.41. The summed E-state index contributed by atoms with van der Waals surface area (Å²) < 4.78 is 0. The number of hydrogen-bond acceptors (Lipinski definition) is 4. The highest BCUT2D eigenvalue weighted by Crippen LogP contribution is 2.05. The lowest BCUT2D eigenvalue weighted by Crippen LogP contribution is -2.41. The van der Waals surface area contributed by atoms with Crippen LogP contribution in [0.25, 0.3) is 0 Å². The molecule has 1 unspecified atom stereocenters. The van der Waals surface area contributed by atoms with Gasteiger partial charge in [0.05, 0.1) is 6.20 Å². The molecule has 3 N–H and O–H groups in total. The first-order chi connectivity index (χ1) is 7.50. The molecular weight excluding hydrogens is 212 g/mol. The highest BCUT2D eigenvalue weighted by Gasteiger charge is 2.22. The number of aliphatic carboxylic acids is 1. The number of carboxylic acids is 1. The van der Waals surface area contributed by atoms with Gasteiger partial charge in [-0.3, -0.25) is 4.79 Å². The summed E-state index contributed by atoms with van der Waals surface area (Å²) in [6, 6.07) is -0.899. The third-order valence-electron chi connectivity index (χ3n) is 1.96. The number of nitrogens with one attached hydrogen (secondary N) is 2. The molecule has 88 valence electrons. The number of aromatic nitrogens is 3. The molecule has 0 spiro atoms. The average molecular weight is 226 g/mol. The largest absolute Gasteiger partial charge is 0.480 e. The van der Waals surface area contributed by atoms with Crippen LogP contribution in [-0.2, 0) is 4.79 Å². The van der Waals surface area contributed by atoms with Gasteiger partial charge in [-0.1, -0.05) is 13.8 Å². The van der Waals surface area contributed by atoms with Crippen molar-refractivity contribution in [1.82, 2.24) is 20.7 Å². The highest BCUT2D eigenvalue weighted by molar-refractivity contribution is 5.94. The van der Waals surface area contributed by atoms with Crippen LogP contribution in [0.5, 0.6) is 0 Å². The summed E-state index contributed by atoms with van der Waals surface area (Å²) in [6.45, 7) is 3.77. The maximum atomic E-state index is 11.5. The smallest absolute Gasteiger partial charge is 0.326 e. The third-order valence-corrected chi connectivity index (χ3v) is 1.96. The topological polar surface area (TPSA) is 108 Å². The van der Waals surface area contributed by atoms with Gasteiger partial charge in [0.2, 0.25) is 0 Å². The van der Waals surface area contributed by atoms with E-state index in [1.807, 2.05) is 13.8 Å². The Bertz CT molecular complexity index is 361. The lowest BCUT2D eigenvalue weighted by Gasteiger charge is -2.15. The molecule has 0 aliphatic heterocycles. The number of aromatic amines is 1. The first kappa shape index (κ1) is 12.2. The van der Waals surface area contributed by atoms with E-state index < -0.39 is 17.9 Å². The van der Waals surface area contributed by atoms with Gasteiger partial charge in [0, 0.05) is 0 Å². The Morgan fingerprint density at radius 1 is 1.56 bits per heavy atom. The van der Waals surface area contributed by atoms with Crippen molar-refractivity contribution < 1.29 is 14.7 Å². The van der Waals surface area contributed by atoms with Gasteiger partial charge in [0.1, 0.15) is 6.04 Å². The molecule has 1 aromatic heterocycles. The standard InChI is InChI=1S/C9H14N4O3/c1-5(2)3-6(9(15)16)11-8(14)7-4-10-13-12-7/h4-6H,3H2,1-2H3,(H,11,14)(H,15,16)(H,10,12,13). The van der Waals surface area contributed by atoms with Crippen molar-refractivity contribution in [1.29, 1.82) is 0 Å². The fourth-order valence-electron chi connectivity index (χ4n) is 1.24. The zero-order valence-electron chi connectivity index (χ0n) is 9.10. The lowest BCUT2D eigenvalue weighted by atomic mass is 10.0. The van der Waals surface area contributed by atoms with Crippen molar-refractivity contribution >= 4 is 11.9 Å². The molecule has 0 aromatic carbocycles. The van der Waals surface area contributed by atoms with Crippen LogP contribution < -0.4 is 5.32 Å². The minimum Gasteiger partial charge on any atom is -0.480 e. The number of carbonyl (C=O) groups is 2. The van der Waals surface area contributed by atoms with Gasteiger partial charge < -0.3 is 10.4 Å². The molecule has 7 nitrogen and oxygen atoms in total. The van der Waals surface area contributed by atoms with Gasteiger partial charge in [-0.15, -0.1) is 0 Å². The summed E-state index contributed by atoms with van der Waals surface area (Å²) in [5, 5.41) is 20.6. The summed E-state index contributed by atoms with van der Waals surface area (Å²) in [4.78, 5) is 22.4. The normalized spacial score (nSPS) is 12.4. The number of carbonyl (C=O) groups excluding carboxylic acids is 1.